The van der Waals surface area contributed by atoms with Crippen LogP contribution in [0.4, 0.5) is 5.69 Å². The van der Waals surface area contributed by atoms with Gasteiger partial charge in [0.2, 0.25) is 5.91 Å². The molecular formula is C13H12N2O3. The lowest BCUT2D eigenvalue weighted by Crippen LogP contribution is -2.24. The van der Waals surface area contributed by atoms with E-state index in [1.165, 1.54) is 4.90 Å². The molecule has 0 atom stereocenters. The monoisotopic (exact) mass is 244 g/mol. The number of ketones is 1. The molecule has 1 aliphatic heterocycles. The zero-order valence-electron chi connectivity index (χ0n) is 9.97. The summed E-state index contributed by atoms with van der Waals surface area (Å²) in [6.45, 7) is 2.12. The van der Waals surface area contributed by atoms with Gasteiger partial charge in [-0.1, -0.05) is 6.92 Å². The Labute approximate surface area is 103 Å². The molecule has 3 rings (SSSR count). The molecule has 18 heavy (non-hydrogen) atoms. The van der Waals surface area contributed by atoms with Gasteiger partial charge in [0.05, 0.1) is 13.0 Å². The highest BCUT2D eigenvalue weighted by Gasteiger charge is 2.28. The summed E-state index contributed by atoms with van der Waals surface area (Å²) in [6.07, 6.45) is 0.724. The van der Waals surface area contributed by atoms with Gasteiger partial charge in [-0.15, -0.1) is 0 Å². The maximum absolute atomic E-state index is 11.6. The van der Waals surface area contributed by atoms with Crippen LogP contribution >= 0.6 is 0 Å². The summed E-state index contributed by atoms with van der Waals surface area (Å²) in [7, 11) is 0. The number of benzene rings is 1. The van der Waals surface area contributed by atoms with Crippen LogP contribution in [0.3, 0.4) is 0 Å². The predicted molar refractivity (Wildman–Crippen MR) is 65.4 cm³/mol. The number of aromatic nitrogens is 1. The predicted octanol–water partition coefficient (Wildman–Crippen LogP) is 1.70. The molecule has 92 valence electrons. The summed E-state index contributed by atoms with van der Waals surface area (Å²) in [5.41, 5.74) is 2.12. The van der Waals surface area contributed by atoms with Crippen molar-refractivity contribution >= 4 is 28.5 Å². The Morgan fingerprint density at radius 2 is 2.22 bits per heavy atom. The zero-order valence-corrected chi connectivity index (χ0v) is 9.97. The quantitative estimate of drug-likeness (QED) is 0.754. The number of anilines is 1. The summed E-state index contributed by atoms with van der Waals surface area (Å²) in [5, 5.41) is 0. The van der Waals surface area contributed by atoms with Crippen LogP contribution in [0, 0.1) is 0 Å². The van der Waals surface area contributed by atoms with Crippen molar-refractivity contribution in [3.05, 3.63) is 24.1 Å². The molecule has 0 N–H and O–H groups in total. The molecule has 1 aromatic carbocycles. The molecule has 0 spiro atoms. The van der Waals surface area contributed by atoms with Gasteiger partial charge in [0.15, 0.2) is 17.3 Å². The Balaban J connectivity index is 2.02. The second-order valence-corrected chi connectivity index (χ2v) is 4.31. The SMILES string of the molecule is CCc1nc2cc(N3CC(=O)CC3=O)ccc2o1. The topological polar surface area (TPSA) is 63.4 Å². The average molecular weight is 244 g/mol. The molecular weight excluding hydrogens is 232 g/mol. The Kier molecular flexibility index (Phi) is 2.40. The van der Waals surface area contributed by atoms with Gasteiger partial charge in [0.25, 0.3) is 0 Å². The van der Waals surface area contributed by atoms with Gasteiger partial charge < -0.3 is 9.32 Å². The summed E-state index contributed by atoms with van der Waals surface area (Å²) in [4.78, 5) is 28.7. The minimum Gasteiger partial charge on any atom is -0.441 e. The van der Waals surface area contributed by atoms with Crippen LogP contribution in [0.15, 0.2) is 22.6 Å². The fourth-order valence-corrected chi connectivity index (χ4v) is 2.10. The van der Waals surface area contributed by atoms with E-state index in [4.69, 9.17) is 4.42 Å². The van der Waals surface area contributed by atoms with E-state index in [0.29, 0.717) is 17.2 Å². The summed E-state index contributed by atoms with van der Waals surface area (Å²) in [6, 6.07) is 5.35. The summed E-state index contributed by atoms with van der Waals surface area (Å²) >= 11 is 0. The first-order chi connectivity index (χ1) is 8.67. The first-order valence-electron chi connectivity index (χ1n) is 5.89. The average Bonchev–Trinajstić information content (AvgIpc) is 2.90. The van der Waals surface area contributed by atoms with E-state index in [1.807, 2.05) is 6.92 Å². The van der Waals surface area contributed by atoms with Crippen molar-refractivity contribution in [3.8, 4) is 0 Å². The first-order valence-corrected chi connectivity index (χ1v) is 5.89. The number of amides is 1. The van der Waals surface area contributed by atoms with Crippen molar-refractivity contribution in [1.29, 1.82) is 0 Å². The molecule has 0 saturated carbocycles. The normalized spacial score (nSPS) is 15.9. The minimum absolute atomic E-state index is 0.00291. The van der Waals surface area contributed by atoms with Crippen LogP contribution < -0.4 is 4.90 Å². The molecule has 5 heteroatoms. The van der Waals surface area contributed by atoms with Gasteiger partial charge in [-0.05, 0) is 18.2 Å². The number of hydrogen-bond donors (Lipinski definition) is 0. The third-order valence-electron chi connectivity index (χ3n) is 3.01. The first kappa shape index (κ1) is 11.0. The number of carbonyl (C=O) groups excluding carboxylic acids is 2. The van der Waals surface area contributed by atoms with Gasteiger partial charge in [-0.2, -0.15) is 0 Å². The van der Waals surface area contributed by atoms with Gasteiger partial charge in [-0.25, -0.2) is 4.98 Å². The van der Waals surface area contributed by atoms with Crippen LogP contribution in [-0.2, 0) is 16.0 Å². The highest BCUT2D eigenvalue weighted by Crippen LogP contribution is 2.25. The second kappa shape index (κ2) is 3.94. The molecule has 0 radical (unpaired) electrons. The van der Waals surface area contributed by atoms with Crippen LogP contribution in [0.2, 0.25) is 0 Å². The molecule has 1 aliphatic rings. The zero-order chi connectivity index (χ0) is 12.7. The Bertz CT molecular complexity index is 645. The van der Waals surface area contributed by atoms with E-state index < -0.39 is 0 Å². The highest BCUT2D eigenvalue weighted by molar-refractivity contribution is 6.15. The lowest BCUT2D eigenvalue weighted by Gasteiger charge is -2.13. The number of Topliss-reactive ketones (excluding diaryl/α,β-unsaturated/α-hetero) is 1. The maximum Gasteiger partial charge on any atom is 0.234 e. The molecule has 0 unspecified atom stereocenters. The third kappa shape index (κ3) is 1.68. The van der Waals surface area contributed by atoms with Gasteiger partial charge in [0.1, 0.15) is 5.52 Å². The van der Waals surface area contributed by atoms with Crippen LogP contribution in [0.1, 0.15) is 19.2 Å². The molecule has 2 aromatic rings. The summed E-state index contributed by atoms with van der Waals surface area (Å²) in [5.74, 6) is 0.471. The number of rotatable bonds is 2. The largest absolute Gasteiger partial charge is 0.441 e. The van der Waals surface area contributed by atoms with Crippen molar-refractivity contribution < 1.29 is 14.0 Å². The van der Waals surface area contributed by atoms with Crippen molar-refractivity contribution in [2.75, 3.05) is 11.4 Å². The molecule has 0 aliphatic carbocycles. The van der Waals surface area contributed by atoms with Gasteiger partial charge in [0, 0.05) is 12.1 Å². The highest BCUT2D eigenvalue weighted by atomic mass is 16.3. The van der Waals surface area contributed by atoms with Crippen molar-refractivity contribution in [3.63, 3.8) is 0 Å². The van der Waals surface area contributed by atoms with E-state index in [-0.39, 0.29) is 24.7 Å². The number of nitrogens with zero attached hydrogens (tertiary/aromatic N) is 2. The minimum atomic E-state index is -0.154. The lowest BCUT2D eigenvalue weighted by molar-refractivity contribution is -0.121. The van der Waals surface area contributed by atoms with E-state index in [2.05, 4.69) is 4.98 Å². The van der Waals surface area contributed by atoms with Gasteiger partial charge in [-0.3, -0.25) is 9.59 Å². The maximum atomic E-state index is 11.6. The van der Waals surface area contributed by atoms with Gasteiger partial charge >= 0.3 is 0 Å². The van der Waals surface area contributed by atoms with E-state index in [1.54, 1.807) is 18.2 Å². The fraction of sp³-hybridized carbons (Fsp3) is 0.308. The van der Waals surface area contributed by atoms with Crippen molar-refractivity contribution in [2.45, 2.75) is 19.8 Å². The molecule has 1 aromatic heterocycles. The molecule has 1 fully saturated rings. The molecule has 2 heterocycles. The lowest BCUT2D eigenvalue weighted by atomic mass is 10.2. The van der Waals surface area contributed by atoms with E-state index in [9.17, 15) is 9.59 Å². The van der Waals surface area contributed by atoms with Crippen molar-refractivity contribution in [2.24, 2.45) is 0 Å². The van der Waals surface area contributed by atoms with E-state index >= 15 is 0 Å². The van der Waals surface area contributed by atoms with Crippen LogP contribution in [-0.4, -0.2) is 23.2 Å². The number of oxazole rings is 1. The number of aryl methyl sites for hydroxylation is 1. The Morgan fingerprint density at radius 3 is 2.89 bits per heavy atom. The molecule has 5 nitrogen and oxygen atoms in total. The number of fused-ring (bicyclic) bond motifs is 1. The fourth-order valence-electron chi connectivity index (χ4n) is 2.10. The number of hydrogen-bond acceptors (Lipinski definition) is 4. The summed E-state index contributed by atoms with van der Waals surface area (Å²) < 4.78 is 5.50. The number of carbonyl (C=O) groups is 2. The van der Waals surface area contributed by atoms with Crippen LogP contribution in [0.5, 0.6) is 0 Å². The third-order valence-corrected chi connectivity index (χ3v) is 3.01. The molecule has 1 saturated heterocycles. The second-order valence-electron chi connectivity index (χ2n) is 4.31. The van der Waals surface area contributed by atoms with Crippen molar-refractivity contribution in [1.82, 2.24) is 4.98 Å². The Hall–Kier alpha value is -2.17. The van der Waals surface area contributed by atoms with E-state index in [0.717, 1.165) is 11.9 Å². The molecule has 0 bridgehead atoms. The van der Waals surface area contributed by atoms with Crippen LogP contribution in [0.25, 0.3) is 11.1 Å². The smallest absolute Gasteiger partial charge is 0.234 e. The standard InChI is InChI=1S/C13H12N2O3/c1-2-12-14-10-5-8(3-4-11(10)18-12)15-7-9(16)6-13(15)17/h3-5H,2,6-7H2,1H3. The molecule has 1 amide bonds. The Morgan fingerprint density at radius 1 is 1.39 bits per heavy atom.